The molecule has 90 valence electrons. The number of nitrogens with zero attached hydrogens (tertiary/aromatic N) is 1. The average Bonchev–Trinajstić information content (AvgIpc) is 2.75. The fraction of sp³-hybridized carbons (Fsp3) is 0. The van der Waals surface area contributed by atoms with Gasteiger partial charge in [0.1, 0.15) is 0 Å². The number of aromatic nitrogens is 2. The van der Waals surface area contributed by atoms with Crippen LogP contribution in [-0.4, -0.2) is 9.97 Å². The van der Waals surface area contributed by atoms with Gasteiger partial charge in [0.05, 0.1) is 11.0 Å². The molecule has 0 fully saturated rings. The average molecular weight is 320 g/mol. The Morgan fingerprint density at radius 2 is 2.00 bits per heavy atom. The highest BCUT2D eigenvalue weighted by Gasteiger charge is 2.07. The van der Waals surface area contributed by atoms with Crippen LogP contribution < -0.4 is 5.73 Å². The van der Waals surface area contributed by atoms with Crippen LogP contribution >= 0.6 is 27.7 Å². The van der Waals surface area contributed by atoms with Gasteiger partial charge in [0.2, 0.25) is 0 Å². The summed E-state index contributed by atoms with van der Waals surface area (Å²) >= 11 is 5.09. The first-order valence-electron chi connectivity index (χ1n) is 5.40. The summed E-state index contributed by atoms with van der Waals surface area (Å²) in [5, 5.41) is 0.877. The lowest BCUT2D eigenvalue weighted by atomic mass is 10.3. The molecule has 0 aliphatic carbocycles. The molecular weight excluding hydrogens is 310 g/mol. The van der Waals surface area contributed by atoms with Crippen molar-refractivity contribution in [3.8, 4) is 0 Å². The Kier molecular flexibility index (Phi) is 3.01. The number of hydrogen-bond donors (Lipinski definition) is 2. The first-order valence-corrected chi connectivity index (χ1v) is 7.01. The largest absolute Gasteiger partial charge is 0.399 e. The Balaban J connectivity index is 1.96. The lowest BCUT2D eigenvalue weighted by Gasteiger charge is -2.02. The van der Waals surface area contributed by atoms with Crippen LogP contribution in [0.15, 0.2) is 57.0 Å². The minimum Gasteiger partial charge on any atom is -0.399 e. The van der Waals surface area contributed by atoms with E-state index in [9.17, 15) is 0 Å². The summed E-state index contributed by atoms with van der Waals surface area (Å²) in [6, 6.07) is 13.8. The number of nitrogen functional groups attached to an aromatic ring is 1. The second-order valence-corrected chi connectivity index (χ2v) is 5.74. The Bertz CT molecular complexity index is 675. The number of nitrogens with two attached hydrogens (primary N) is 1. The van der Waals surface area contributed by atoms with Crippen LogP contribution in [0.5, 0.6) is 0 Å². The summed E-state index contributed by atoms with van der Waals surface area (Å²) in [6.45, 7) is 0. The Labute approximate surface area is 117 Å². The number of nitrogens with one attached hydrogen (secondary N) is 1. The van der Waals surface area contributed by atoms with Crippen molar-refractivity contribution < 1.29 is 0 Å². The van der Waals surface area contributed by atoms with E-state index in [1.807, 2.05) is 42.5 Å². The molecule has 3 N–H and O–H groups in total. The zero-order valence-electron chi connectivity index (χ0n) is 9.35. The van der Waals surface area contributed by atoms with Crippen LogP contribution in [-0.2, 0) is 0 Å². The SMILES string of the molecule is Nc1ccc(Sc2nc3ccccc3[nH]2)c(Br)c1. The van der Waals surface area contributed by atoms with E-state index in [2.05, 4.69) is 25.9 Å². The van der Waals surface area contributed by atoms with E-state index in [0.717, 1.165) is 31.2 Å². The maximum Gasteiger partial charge on any atom is 0.171 e. The molecule has 0 radical (unpaired) electrons. The predicted molar refractivity (Wildman–Crippen MR) is 78.8 cm³/mol. The van der Waals surface area contributed by atoms with Gasteiger partial charge in [0.25, 0.3) is 0 Å². The smallest absolute Gasteiger partial charge is 0.171 e. The van der Waals surface area contributed by atoms with Gasteiger partial charge in [-0.05, 0) is 46.3 Å². The lowest BCUT2D eigenvalue weighted by molar-refractivity contribution is 1.08. The van der Waals surface area contributed by atoms with Crippen molar-refractivity contribution in [2.75, 3.05) is 5.73 Å². The number of H-pyrrole nitrogens is 1. The monoisotopic (exact) mass is 319 g/mol. The van der Waals surface area contributed by atoms with Crippen LogP contribution in [0.4, 0.5) is 5.69 Å². The highest BCUT2D eigenvalue weighted by molar-refractivity contribution is 9.10. The van der Waals surface area contributed by atoms with E-state index in [0.29, 0.717) is 0 Å². The van der Waals surface area contributed by atoms with Gasteiger partial charge in [0.15, 0.2) is 5.16 Å². The second kappa shape index (κ2) is 4.66. The standard InChI is InChI=1S/C13H10BrN3S/c14-9-7-8(15)5-6-12(9)18-13-16-10-3-1-2-4-11(10)17-13/h1-7H,15H2,(H,16,17). The molecule has 5 heteroatoms. The van der Waals surface area contributed by atoms with E-state index in [1.165, 1.54) is 0 Å². The summed E-state index contributed by atoms with van der Waals surface area (Å²) in [7, 11) is 0. The molecule has 3 rings (SSSR count). The molecular formula is C13H10BrN3S. The first kappa shape index (κ1) is 11.6. The molecule has 2 aromatic carbocycles. The molecule has 0 bridgehead atoms. The van der Waals surface area contributed by atoms with E-state index in [1.54, 1.807) is 11.8 Å². The van der Waals surface area contributed by atoms with Crippen LogP contribution in [0.25, 0.3) is 11.0 Å². The third kappa shape index (κ3) is 2.23. The molecule has 0 saturated carbocycles. The third-order valence-electron chi connectivity index (χ3n) is 2.53. The molecule has 0 saturated heterocycles. The minimum atomic E-state index is 0.746. The number of benzene rings is 2. The van der Waals surface area contributed by atoms with E-state index in [-0.39, 0.29) is 0 Å². The maximum atomic E-state index is 5.72. The van der Waals surface area contributed by atoms with Crippen LogP contribution in [0.2, 0.25) is 0 Å². The van der Waals surface area contributed by atoms with Crippen molar-refractivity contribution in [2.24, 2.45) is 0 Å². The van der Waals surface area contributed by atoms with Crippen LogP contribution in [0.1, 0.15) is 0 Å². The number of para-hydroxylation sites is 2. The Hall–Kier alpha value is -1.46. The minimum absolute atomic E-state index is 0.746. The number of imidazole rings is 1. The molecule has 0 atom stereocenters. The van der Waals surface area contributed by atoms with Crippen molar-refractivity contribution >= 4 is 44.4 Å². The van der Waals surface area contributed by atoms with Gasteiger partial charge in [-0.25, -0.2) is 4.98 Å². The quantitative estimate of drug-likeness (QED) is 0.700. The molecule has 3 nitrogen and oxygen atoms in total. The molecule has 3 aromatic rings. The van der Waals surface area contributed by atoms with Crippen molar-refractivity contribution in [3.05, 3.63) is 46.9 Å². The maximum absolute atomic E-state index is 5.72. The van der Waals surface area contributed by atoms with Gasteiger partial charge < -0.3 is 10.7 Å². The van der Waals surface area contributed by atoms with Crippen molar-refractivity contribution in [1.82, 2.24) is 9.97 Å². The zero-order chi connectivity index (χ0) is 12.5. The van der Waals surface area contributed by atoms with Gasteiger partial charge in [-0.2, -0.15) is 0 Å². The topological polar surface area (TPSA) is 54.7 Å². The van der Waals surface area contributed by atoms with Crippen LogP contribution in [0, 0.1) is 0 Å². The van der Waals surface area contributed by atoms with E-state index < -0.39 is 0 Å². The summed E-state index contributed by atoms with van der Waals surface area (Å²) in [6.07, 6.45) is 0. The molecule has 0 amide bonds. The number of aromatic amines is 1. The number of hydrogen-bond acceptors (Lipinski definition) is 3. The molecule has 0 aliphatic heterocycles. The predicted octanol–water partition coefficient (Wildman–Crippen LogP) is 4.06. The first-order chi connectivity index (χ1) is 8.72. The van der Waals surface area contributed by atoms with E-state index >= 15 is 0 Å². The van der Waals surface area contributed by atoms with Crippen molar-refractivity contribution in [2.45, 2.75) is 10.1 Å². The Morgan fingerprint density at radius 1 is 1.17 bits per heavy atom. The van der Waals surface area contributed by atoms with Gasteiger partial charge >= 0.3 is 0 Å². The fourth-order valence-corrected chi connectivity index (χ4v) is 3.13. The normalized spacial score (nSPS) is 10.9. The van der Waals surface area contributed by atoms with Gasteiger partial charge in [-0.1, -0.05) is 23.9 Å². The lowest BCUT2D eigenvalue weighted by Crippen LogP contribution is -1.85. The van der Waals surface area contributed by atoms with Gasteiger partial charge in [0, 0.05) is 15.1 Å². The highest BCUT2D eigenvalue weighted by Crippen LogP contribution is 2.33. The summed E-state index contributed by atoms with van der Waals surface area (Å²) in [4.78, 5) is 8.90. The summed E-state index contributed by atoms with van der Waals surface area (Å²) in [5.41, 5.74) is 8.49. The molecule has 0 aliphatic rings. The molecule has 0 spiro atoms. The zero-order valence-corrected chi connectivity index (χ0v) is 11.8. The number of fused-ring (bicyclic) bond motifs is 1. The fourth-order valence-electron chi connectivity index (χ4n) is 1.68. The summed E-state index contributed by atoms with van der Waals surface area (Å²) in [5.74, 6) is 0. The van der Waals surface area contributed by atoms with Crippen LogP contribution in [0.3, 0.4) is 0 Å². The van der Waals surface area contributed by atoms with Gasteiger partial charge in [-0.15, -0.1) is 0 Å². The Morgan fingerprint density at radius 3 is 2.78 bits per heavy atom. The second-order valence-electron chi connectivity index (χ2n) is 3.85. The number of anilines is 1. The summed E-state index contributed by atoms with van der Waals surface area (Å²) < 4.78 is 0.980. The molecule has 0 unspecified atom stereocenters. The van der Waals surface area contributed by atoms with Crippen molar-refractivity contribution in [1.29, 1.82) is 0 Å². The van der Waals surface area contributed by atoms with E-state index in [4.69, 9.17) is 5.73 Å². The highest BCUT2D eigenvalue weighted by atomic mass is 79.9. The number of halogens is 1. The molecule has 18 heavy (non-hydrogen) atoms. The van der Waals surface area contributed by atoms with Gasteiger partial charge in [-0.3, -0.25) is 0 Å². The van der Waals surface area contributed by atoms with Crippen molar-refractivity contribution in [3.63, 3.8) is 0 Å². The molecule has 1 aromatic heterocycles. The number of rotatable bonds is 2. The third-order valence-corrected chi connectivity index (χ3v) is 4.41. The molecule has 1 heterocycles.